The summed E-state index contributed by atoms with van der Waals surface area (Å²) >= 11 is 0. The lowest BCUT2D eigenvalue weighted by atomic mass is 9.93. The van der Waals surface area contributed by atoms with Gasteiger partial charge in [-0.05, 0) is 25.1 Å². The van der Waals surface area contributed by atoms with Gasteiger partial charge in [0.15, 0.2) is 0 Å². The van der Waals surface area contributed by atoms with E-state index in [1.54, 1.807) is 6.92 Å². The first-order chi connectivity index (χ1) is 8.19. The number of carbonyl (C=O) groups excluding carboxylic acids is 1. The molecule has 1 fully saturated rings. The molecule has 98 valence electrons. The Morgan fingerprint density at radius 2 is 2.00 bits per heavy atom. The molecule has 0 radical (unpaired) electrons. The zero-order valence-electron chi connectivity index (χ0n) is 9.79. The fourth-order valence-corrected chi connectivity index (χ4v) is 1.98. The summed E-state index contributed by atoms with van der Waals surface area (Å²) in [6.45, 7) is 2.52. The van der Waals surface area contributed by atoms with Crippen molar-refractivity contribution >= 4 is 5.91 Å². The van der Waals surface area contributed by atoms with Gasteiger partial charge in [0.25, 0.3) is 5.91 Å². The van der Waals surface area contributed by atoms with Crippen LogP contribution in [0.5, 0.6) is 0 Å². The number of nitrogens with zero attached hydrogens (tertiary/aromatic N) is 1. The van der Waals surface area contributed by atoms with Gasteiger partial charge in [0.05, 0.1) is 5.56 Å². The molecule has 1 aliphatic rings. The van der Waals surface area contributed by atoms with E-state index in [0.717, 1.165) is 12.1 Å². The van der Waals surface area contributed by atoms with Crippen LogP contribution in [0.25, 0.3) is 0 Å². The van der Waals surface area contributed by atoms with Gasteiger partial charge in [-0.2, -0.15) is 13.2 Å². The monoisotopic (exact) mass is 258 g/mol. The van der Waals surface area contributed by atoms with Gasteiger partial charge in [-0.3, -0.25) is 4.79 Å². The lowest BCUT2D eigenvalue weighted by Crippen LogP contribution is -2.66. The van der Waals surface area contributed by atoms with Crippen molar-refractivity contribution in [1.29, 1.82) is 0 Å². The Kier molecular flexibility index (Phi) is 2.85. The number of halogens is 3. The van der Waals surface area contributed by atoms with E-state index in [4.69, 9.17) is 5.73 Å². The average molecular weight is 258 g/mol. The predicted molar refractivity (Wildman–Crippen MR) is 59.9 cm³/mol. The molecule has 2 N–H and O–H groups in total. The number of alkyl halides is 3. The molecule has 1 aliphatic heterocycles. The Morgan fingerprint density at radius 3 is 2.50 bits per heavy atom. The van der Waals surface area contributed by atoms with Gasteiger partial charge in [0.1, 0.15) is 0 Å². The second kappa shape index (κ2) is 3.98. The van der Waals surface area contributed by atoms with Crippen LogP contribution >= 0.6 is 0 Å². The molecule has 6 heteroatoms. The summed E-state index contributed by atoms with van der Waals surface area (Å²) in [6, 6.07) is 4.43. The first-order valence-corrected chi connectivity index (χ1v) is 5.44. The summed E-state index contributed by atoms with van der Waals surface area (Å²) in [4.78, 5) is 13.3. The molecule has 1 saturated heterocycles. The number of hydrogen-bond donors (Lipinski definition) is 1. The first kappa shape index (κ1) is 12.9. The standard InChI is InChI=1S/C12H13F3N2O/c1-11(16)6-17(7-11)10(18)8-3-2-4-9(5-8)12(13,14)15/h2-5H,6-7,16H2,1H3. The van der Waals surface area contributed by atoms with Crippen molar-refractivity contribution in [2.45, 2.75) is 18.6 Å². The van der Waals surface area contributed by atoms with E-state index in [1.807, 2.05) is 0 Å². The van der Waals surface area contributed by atoms with Gasteiger partial charge in [-0.15, -0.1) is 0 Å². The van der Waals surface area contributed by atoms with E-state index in [-0.39, 0.29) is 5.56 Å². The zero-order chi connectivity index (χ0) is 13.6. The summed E-state index contributed by atoms with van der Waals surface area (Å²) in [5.41, 5.74) is 4.55. The molecular formula is C12H13F3N2O. The number of likely N-dealkylation sites (tertiary alicyclic amines) is 1. The summed E-state index contributed by atoms with van der Waals surface area (Å²) in [6.07, 6.45) is -4.44. The van der Waals surface area contributed by atoms with E-state index in [0.29, 0.717) is 13.1 Å². The average Bonchev–Trinajstić information content (AvgIpc) is 2.24. The first-order valence-electron chi connectivity index (χ1n) is 5.44. The largest absolute Gasteiger partial charge is 0.416 e. The topological polar surface area (TPSA) is 46.3 Å². The third-order valence-corrected chi connectivity index (χ3v) is 2.83. The molecule has 1 aromatic carbocycles. The molecule has 0 saturated carbocycles. The molecule has 1 heterocycles. The Labute approximate surface area is 102 Å². The molecule has 0 bridgehead atoms. The van der Waals surface area contributed by atoms with Crippen LogP contribution < -0.4 is 5.73 Å². The molecule has 0 atom stereocenters. The van der Waals surface area contributed by atoms with Crippen molar-refractivity contribution in [2.75, 3.05) is 13.1 Å². The molecule has 1 aromatic rings. The lowest BCUT2D eigenvalue weighted by Gasteiger charge is -2.45. The minimum Gasteiger partial charge on any atom is -0.335 e. The van der Waals surface area contributed by atoms with Gasteiger partial charge in [-0.25, -0.2) is 0 Å². The number of carbonyl (C=O) groups is 1. The number of rotatable bonds is 1. The summed E-state index contributed by atoms with van der Waals surface area (Å²) in [5, 5.41) is 0. The van der Waals surface area contributed by atoms with E-state index in [1.165, 1.54) is 17.0 Å². The van der Waals surface area contributed by atoms with Crippen LogP contribution in [0.2, 0.25) is 0 Å². The van der Waals surface area contributed by atoms with Crippen LogP contribution in [-0.4, -0.2) is 29.4 Å². The highest BCUT2D eigenvalue weighted by Gasteiger charge is 2.38. The number of hydrogen-bond acceptors (Lipinski definition) is 2. The SMILES string of the molecule is CC1(N)CN(C(=O)c2cccc(C(F)(F)F)c2)C1. The van der Waals surface area contributed by atoms with Crippen LogP contribution in [0.15, 0.2) is 24.3 Å². The molecule has 0 spiro atoms. The van der Waals surface area contributed by atoms with Crippen molar-refractivity contribution < 1.29 is 18.0 Å². The lowest BCUT2D eigenvalue weighted by molar-refractivity contribution is -0.137. The summed E-state index contributed by atoms with van der Waals surface area (Å²) in [7, 11) is 0. The highest BCUT2D eigenvalue weighted by molar-refractivity contribution is 5.95. The van der Waals surface area contributed by atoms with Crippen molar-refractivity contribution in [3.8, 4) is 0 Å². The number of benzene rings is 1. The minimum atomic E-state index is -4.44. The van der Waals surface area contributed by atoms with Crippen molar-refractivity contribution in [3.05, 3.63) is 35.4 Å². The van der Waals surface area contributed by atoms with Crippen LogP contribution in [0, 0.1) is 0 Å². The van der Waals surface area contributed by atoms with Crippen LogP contribution in [-0.2, 0) is 6.18 Å². The fourth-order valence-electron chi connectivity index (χ4n) is 1.98. The molecule has 1 amide bonds. The van der Waals surface area contributed by atoms with Crippen molar-refractivity contribution in [1.82, 2.24) is 4.90 Å². The minimum absolute atomic E-state index is 0.0420. The second-order valence-corrected chi connectivity index (χ2v) is 4.89. The summed E-state index contributed by atoms with van der Waals surface area (Å²) in [5.74, 6) is -0.413. The maximum atomic E-state index is 12.5. The third kappa shape index (κ3) is 2.48. The molecule has 3 nitrogen and oxygen atoms in total. The quantitative estimate of drug-likeness (QED) is 0.836. The van der Waals surface area contributed by atoms with E-state index in [2.05, 4.69) is 0 Å². The maximum absolute atomic E-state index is 12.5. The summed E-state index contributed by atoms with van der Waals surface area (Å²) < 4.78 is 37.5. The molecule has 0 aromatic heterocycles. The van der Waals surface area contributed by atoms with Crippen molar-refractivity contribution in [3.63, 3.8) is 0 Å². The maximum Gasteiger partial charge on any atom is 0.416 e. The third-order valence-electron chi connectivity index (χ3n) is 2.83. The van der Waals surface area contributed by atoms with Gasteiger partial charge >= 0.3 is 6.18 Å². The Balaban J connectivity index is 2.17. The zero-order valence-corrected chi connectivity index (χ0v) is 9.79. The van der Waals surface area contributed by atoms with E-state index in [9.17, 15) is 18.0 Å². The van der Waals surface area contributed by atoms with Gasteiger partial charge in [-0.1, -0.05) is 6.07 Å². The van der Waals surface area contributed by atoms with Crippen LogP contribution in [0.3, 0.4) is 0 Å². The van der Waals surface area contributed by atoms with E-state index >= 15 is 0 Å². The smallest absolute Gasteiger partial charge is 0.335 e. The van der Waals surface area contributed by atoms with Gasteiger partial charge in [0.2, 0.25) is 0 Å². The predicted octanol–water partition coefficient (Wildman–Crippen LogP) is 1.88. The van der Waals surface area contributed by atoms with Gasteiger partial charge in [0, 0.05) is 24.2 Å². The fraction of sp³-hybridized carbons (Fsp3) is 0.417. The molecule has 0 aliphatic carbocycles. The highest BCUT2D eigenvalue weighted by Crippen LogP contribution is 2.30. The molecule has 0 unspecified atom stereocenters. The van der Waals surface area contributed by atoms with E-state index < -0.39 is 23.2 Å². The Morgan fingerprint density at radius 1 is 1.39 bits per heavy atom. The molecular weight excluding hydrogens is 245 g/mol. The second-order valence-electron chi connectivity index (χ2n) is 4.89. The highest BCUT2D eigenvalue weighted by atomic mass is 19.4. The van der Waals surface area contributed by atoms with Crippen LogP contribution in [0.4, 0.5) is 13.2 Å². The van der Waals surface area contributed by atoms with Crippen LogP contribution in [0.1, 0.15) is 22.8 Å². The van der Waals surface area contributed by atoms with Crippen molar-refractivity contribution in [2.24, 2.45) is 5.73 Å². The number of amides is 1. The normalized spacial score (nSPS) is 18.4. The van der Waals surface area contributed by atoms with Gasteiger partial charge < -0.3 is 10.6 Å². The Bertz CT molecular complexity index is 474. The molecule has 18 heavy (non-hydrogen) atoms. The molecule has 2 rings (SSSR count). The Hall–Kier alpha value is -1.56. The number of nitrogens with two attached hydrogens (primary N) is 1.